The largest absolute Gasteiger partial charge is 0.384 e. The minimum Gasteiger partial charge on any atom is -0.384 e. The van der Waals surface area contributed by atoms with Crippen LogP contribution in [0.3, 0.4) is 0 Å². The Bertz CT molecular complexity index is 642. The molecule has 11 heteroatoms. The molecule has 2 aromatic rings. The maximum absolute atomic E-state index is 12.0. The van der Waals surface area contributed by atoms with Crippen molar-refractivity contribution >= 4 is 31.8 Å². The molecule has 0 amide bonds. The van der Waals surface area contributed by atoms with Crippen LogP contribution in [0.25, 0.3) is 0 Å². The molecule has 0 bridgehead atoms. The number of halogens is 1. The van der Waals surface area contributed by atoms with Gasteiger partial charge >= 0.3 is 0 Å². The Morgan fingerprint density at radius 1 is 1.61 bits per heavy atom. The summed E-state index contributed by atoms with van der Waals surface area (Å²) in [5.41, 5.74) is 6.12. The quantitative estimate of drug-likeness (QED) is 0.681. The van der Waals surface area contributed by atoms with Gasteiger partial charge < -0.3 is 5.73 Å². The van der Waals surface area contributed by atoms with E-state index in [1.54, 1.807) is 0 Å². The molecule has 9 nitrogen and oxygen atoms in total. The van der Waals surface area contributed by atoms with Gasteiger partial charge in [-0.05, 0) is 15.9 Å². The van der Waals surface area contributed by atoms with Crippen LogP contribution < -0.4 is 10.5 Å². The van der Waals surface area contributed by atoms with Gasteiger partial charge in [0.25, 0.3) is 10.0 Å². The molecule has 0 spiro atoms. The van der Waals surface area contributed by atoms with Crippen LogP contribution >= 0.6 is 15.9 Å². The number of H-pyrrole nitrogens is 1. The Balaban J connectivity index is 2.21. The number of rotatable bonds is 4. The lowest BCUT2D eigenvalue weighted by molar-refractivity contribution is 0.560. The molecule has 2 rings (SSSR count). The van der Waals surface area contributed by atoms with E-state index in [4.69, 9.17) is 5.73 Å². The van der Waals surface area contributed by atoms with Crippen molar-refractivity contribution in [3.05, 3.63) is 16.4 Å². The van der Waals surface area contributed by atoms with Crippen LogP contribution in [0.4, 0.5) is 5.82 Å². The Labute approximate surface area is 111 Å². The van der Waals surface area contributed by atoms with E-state index in [9.17, 15) is 8.42 Å². The third-order valence-corrected chi connectivity index (χ3v) is 4.48. The maximum atomic E-state index is 12.0. The zero-order valence-electron chi connectivity index (χ0n) is 9.25. The summed E-state index contributed by atoms with van der Waals surface area (Å²) in [5.74, 6) is 0.319. The molecule has 0 saturated carbocycles. The lowest BCUT2D eigenvalue weighted by Gasteiger charge is -2.05. The first-order valence-electron chi connectivity index (χ1n) is 4.74. The van der Waals surface area contributed by atoms with E-state index >= 15 is 0 Å². The van der Waals surface area contributed by atoms with Crippen LogP contribution in [-0.2, 0) is 23.6 Å². The van der Waals surface area contributed by atoms with Crippen molar-refractivity contribution in [1.82, 2.24) is 29.9 Å². The molecule has 0 unspecified atom stereocenters. The second kappa shape index (κ2) is 4.66. The topological polar surface area (TPSA) is 132 Å². The summed E-state index contributed by atoms with van der Waals surface area (Å²) in [6.45, 7) is 0.0300. The molecule has 2 heterocycles. The third-order valence-electron chi connectivity index (χ3n) is 2.20. The SMILES string of the molecule is Cn1nnc(Br)c1S(=O)(=O)NCc1cn[nH]c1N. The molecule has 0 fully saturated rings. The van der Waals surface area contributed by atoms with Gasteiger partial charge in [-0.15, -0.1) is 5.10 Å². The number of hydrogen-bond donors (Lipinski definition) is 3. The number of aromatic amines is 1. The van der Waals surface area contributed by atoms with Crippen molar-refractivity contribution in [2.45, 2.75) is 11.6 Å². The molecule has 4 N–H and O–H groups in total. The first-order valence-corrected chi connectivity index (χ1v) is 7.02. The zero-order valence-corrected chi connectivity index (χ0v) is 11.7. The average Bonchev–Trinajstić information content (AvgIpc) is 2.83. The second-order valence-electron chi connectivity index (χ2n) is 3.44. The molecule has 0 atom stereocenters. The van der Waals surface area contributed by atoms with Gasteiger partial charge in [0.15, 0.2) is 4.60 Å². The zero-order chi connectivity index (χ0) is 13.3. The fourth-order valence-electron chi connectivity index (χ4n) is 1.31. The standard InChI is InChI=1S/C7H10BrN7O2S/c1-15-7(5(8)12-14-15)18(16,17)11-3-4-2-10-13-6(4)9/h2,11H,3H2,1H3,(H3,9,10,13). The molecule has 0 saturated heterocycles. The highest BCUT2D eigenvalue weighted by Gasteiger charge is 2.23. The summed E-state index contributed by atoms with van der Waals surface area (Å²) in [4.78, 5) is 0. The number of anilines is 1. The van der Waals surface area contributed by atoms with Crippen LogP contribution in [-0.4, -0.2) is 33.6 Å². The van der Waals surface area contributed by atoms with Gasteiger partial charge in [0.05, 0.1) is 6.20 Å². The number of nitrogens with two attached hydrogens (primary N) is 1. The predicted octanol–water partition coefficient (Wildman–Crippen LogP) is -0.639. The van der Waals surface area contributed by atoms with Gasteiger partial charge in [0.2, 0.25) is 5.03 Å². The Kier molecular flexibility index (Phi) is 3.36. The van der Waals surface area contributed by atoms with Crippen LogP contribution in [0, 0.1) is 0 Å². The van der Waals surface area contributed by atoms with Gasteiger partial charge in [-0.2, -0.15) is 5.10 Å². The minimum atomic E-state index is -3.73. The Morgan fingerprint density at radius 3 is 2.83 bits per heavy atom. The van der Waals surface area contributed by atoms with Crippen molar-refractivity contribution < 1.29 is 8.42 Å². The summed E-state index contributed by atoms with van der Waals surface area (Å²) in [5, 5.41) is 13.4. The fourth-order valence-corrected chi connectivity index (χ4v) is 3.41. The average molecular weight is 336 g/mol. The predicted molar refractivity (Wildman–Crippen MR) is 65.7 cm³/mol. The molecule has 0 aromatic carbocycles. The van der Waals surface area contributed by atoms with Crippen molar-refractivity contribution in [3.63, 3.8) is 0 Å². The molecule has 18 heavy (non-hydrogen) atoms. The van der Waals surface area contributed by atoms with Crippen molar-refractivity contribution in [2.24, 2.45) is 7.05 Å². The molecule has 0 aliphatic heterocycles. The number of nitrogens with zero attached hydrogens (tertiary/aromatic N) is 4. The summed E-state index contributed by atoms with van der Waals surface area (Å²) in [6, 6.07) is 0. The first kappa shape index (κ1) is 13.0. The number of sulfonamides is 1. The van der Waals surface area contributed by atoms with Gasteiger partial charge in [-0.1, -0.05) is 5.21 Å². The van der Waals surface area contributed by atoms with Crippen molar-refractivity contribution in [1.29, 1.82) is 0 Å². The Hall–Kier alpha value is -1.46. The number of nitrogens with one attached hydrogen (secondary N) is 2. The third kappa shape index (κ3) is 2.37. The van der Waals surface area contributed by atoms with E-state index in [1.165, 1.54) is 13.2 Å². The van der Waals surface area contributed by atoms with E-state index in [0.29, 0.717) is 11.4 Å². The summed E-state index contributed by atoms with van der Waals surface area (Å²) in [7, 11) is -2.24. The van der Waals surface area contributed by atoms with Gasteiger partial charge in [0.1, 0.15) is 5.82 Å². The molecule has 98 valence electrons. The molecule has 0 aliphatic carbocycles. The van der Waals surface area contributed by atoms with Crippen LogP contribution in [0.2, 0.25) is 0 Å². The highest BCUT2D eigenvalue weighted by molar-refractivity contribution is 9.10. The molecule has 0 aliphatic rings. The monoisotopic (exact) mass is 335 g/mol. The lowest BCUT2D eigenvalue weighted by atomic mass is 10.3. The van der Waals surface area contributed by atoms with E-state index < -0.39 is 10.0 Å². The summed E-state index contributed by atoms with van der Waals surface area (Å²) in [6.07, 6.45) is 1.45. The molecule has 0 radical (unpaired) electrons. The van der Waals surface area contributed by atoms with Crippen LogP contribution in [0.15, 0.2) is 15.8 Å². The number of aryl methyl sites for hydroxylation is 1. The number of hydrogen-bond acceptors (Lipinski definition) is 6. The van der Waals surface area contributed by atoms with Crippen molar-refractivity contribution in [3.8, 4) is 0 Å². The number of nitrogen functional groups attached to an aromatic ring is 1. The van der Waals surface area contributed by atoms with Crippen LogP contribution in [0.1, 0.15) is 5.56 Å². The van der Waals surface area contributed by atoms with Gasteiger partial charge in [0, 0.05) is 19.2 Å². The summed E-state index contributed by atoms with van der Waals surface area (Å²) >= 11 is 3.03. The second-order valence-corrected chi connectivity index (χ2v) is 5.88. The van der Waals surface area contributed by atoms with Gasteiger partial charge in [-0.3, -0.25) is 5.10 Å². The molecular weight excluding hydrogens is 326 g/mol. The smallest absolute Gasteiger partial charge is 0.260 e. The van der Waals surface area contributed by atoms with E-state index in [2.05, 4.69) is 41.2 Å². The van der Waals surface area contributed by atoms with E-state index in [1.807, 2.05) is 0 Å². The Morgan fingerprint density at radius 2 is 2.33 bits per heavy atom. The molecule has 2 aromatic heterocycles. The van der Waals surface area contributed by atoms with E-state index in [0.717, 1.165) is 4.68 Å². The first-order chi connectivity index (χ1) is 8.42. The minimum absolute atomic E-state index is 0.0300. The highest BCUT2D eigenvalue weighted by atomic mass is 79.9. The summed E-state index contributed by atoms with van der Waals surface area (Å²) < 4.78 is 27.8. The normalized spacial score (nSPS) is 11.9. The van der Waals surface area contributed by atoms with E-state index in [-0.39, 0.29) is 16.2 Å². The molecular formula is C7H10BrN7O2S. The maximum Gasteiger partial charge on any atom is 0.260 e. The van der Waals surface area contributed by atoms with Gasteiger partial charge in [-0.25, -0.2) is 17.8 Å². The van der Waals surface area contributed by atoms with Crippen LogP contribution in [0.5, 0.6) is 0 Å². The highest BCUT2D eigenvalue weighted by Crippen LogP contribution is 2.18. The number of aromatic nitrogens is 5. The lowest BCUT2D eigenvalue weighted by Crippen LogP contribution is -2.25. The van der Waals surface area contributed by atoms with Crippen molar-refractivity contribution in [2.75, 3.05) is 5.73 Å². The fraction of sp³-hybridized carbons (Fsp3) is 0.286.